The van der Waals surface area contributed by atoms with Crippen LogP contribution in [-0.4, -0.2) is 97.5 Å². The lowest BCUT2D eigenvalue weighted by Crippen LogP contribution is -2.60. The largest absolute Gasteiger partial charge is 0.457 e. The summed E-state index contributed by atoms with van der Waals surface area (Å²) in [6.45, 7) is 3.88. The zero-order chi connectivity index (χ0) is 44.7. The molecule has 6 atom stereocenters. The Labute approximate surface area is 370 Å². The van der Waals surface area contributed by atoms with Gasteiger partial charge in [0.2, 0.25) is 0 Å². The van der Waals surface area contributed by atoms with Crippen LogP contribution in [0.15, 0.2) is 48.6 Å². The number of ether oxygens (including phenoxy) is 4. The van der Waals surface area contributed by atoms with E-state index in [1.54, 1.807) is 0 Å². The van der Waals surface area contributed by atoms with Crippen molar-refractivity contribution < 1.29 is 56.2 Å². The number of carbonyl (C=O) groups excluding carboxylic acids is 1. The summed E-state index contributed by atoms with van der Waals surface area (Å²) in [7, 11) is -5.06. The molecule has 1 aliphatic heterocycles. The molecule has 12 nitrogen and oxygen atoms in total. The van der Waals surface area contributed by atoms with Gasteiger partial charge in [0.1, 0.15) is 30.5 Å². The van der Waals surface area contributed by atoms with Gasteiger partial charge in [-0.05, 0) is 70.6 Å². The minimum atomic E-state index is -5.06. The highest BCUT2D eigenvalue weighted by molar-refractivity contribution is 7.80. The van der Waals surface area contributed by atoms with Crippen molar-refractivity contribution in [1.29, 1.82) is 0 Å². The number of allylic oxidation sites excluding steroid dienone is 8. The first kappa shape index (κ1) is 57.1. The fourth-order valence-electron chi connectivity index (χ4n) is 7.03. The normalized spacial score (nSPS) is 20.5. The van der Waals surface area contributed by atoms with Gasteiger partial charge in [-0.2, -0.15) is 8.42 Å². The molecule has 1 rings (SSSR count). The Balaban J connectivity index is 2.33. The zero-order valence-electron chi connectivity index (χ0n) is 38.0. The molecule has 61 heavy (non-hydrogen) atoms. The monoisotopic (exact) mass is 887 g/mol. The topological polar surface area (TPSA) is 178 Å². The van der Waals surface area contributed by atoms with Gasteiger partial charge in [-0.15, -0.1) is 0 Å². The molecule has 1 fully saturated rings. The van der Waals surface area contributed by atoms with Crippen LogP contribution in [-0.2, 0) is 38.3 Å². The smallest absolute Gasteiger partial charge is 0.397 e. The summed E-state index contributed by atoms with van der Waals surface area (Å²) in [5, 5.41) is 30.6. The van der Waals surface area contributed by atoms with Gasteiger partial charge in [0.25, 0.3) is 0 Å². The van der Waals surface area contributed by atoms with Crippen molar-refractivity contribution in [1.82, 2.24) is 0 Å². The number of esters is 1. The number of hydrogen-bond acceptors (Lipinski definition) is 11. The van der Waals surface area contributed by atoms with Crippen LogP contribution < -0.4 is 0 Å². The molecule has 0 aliphatic carbocycles. The number of hydrogen-bond donors (Lipinski definition) is 4. The molecule has 1 saturated heterocycles. The Bertz CT molecular complexity index is 1250. The maximum Gasteiger partial charge on any atom is 0.397 e. The summed E-state index contributed by atoms with van der Waals surface area (Å²) < 4.78 is 59.0. The average Bonchev–Trinajstić information content (AvgIpc) is 3.23. The van der Waals surface area contributed by atoms with Gasteiger partial charge >= 0.3 is 16.4 Å². The summed E-state index contributed by atoms with van der Waals surface area (Å²) in [4.78, 5) is 12.8. The number of carbonyl (C=O) groups is 1. The van der Waals surface area contributed by atoms with Gasteiger partial charge in [0, 0.05) is 13.0 Å². The lowest BCUT2D eigenvalue weighted by molar-refractivity contribution is -0.301. The molecule has 356 valence electrons. The first-order chi connectivity index (χ1) is 29.6. The summed E-state index contributed by atoms with van der Waals surface area (Å²) in [5.41, 5.74) is 0. The first-order valence-electron chi connectivity index (χ1n) is 23.9. The third-order valence-corrected chi connectivity index (χ3v) is 11.1. The molecule has 1 heterocycles. The Kier molecular flexibility index (Phi) is 37.1. The highest BCUT2D eigenvalue weighted by atomic mass is 32.3. The van der Waals surface area contributed by atoms with Crippen LogP contribution in [0.25, 0.3) is 0 Å². The van der Waals surface area contributed by atoms with E-state index >= 15 is 0 Å². The fourth-order valence-corrected chi connectivity index (χ4v) is 7.54. The average molecular weight is 887 g/mol. The molecule has 0 radical (unpaired) electrons. The van der Waals surface area contributed by atoms with E-state index in [4.69, 9.17) is 23.5 Å². The van der Waals surface area contributed by atoms with Crippen molar-refractivity contribution in [3.8, 4) is 0 Å². The van der Waals surface area contributed by atoms with Gasteiger partial charge in [-0.25, -0.2) is 4.18 Å². The van der Waals surface area contributed by atoms with Gasteiger partial charge < -0.3 is 34.3 Å². The Morgan fingerprint density at radius 2 is 1.11 bits per heavy atom. The lowest BCUT2D eigenvalue weighted by atomic mass is 9.99. The van der Waals surface area contributed by atoms with Gasteiger partial charge in [-0.1, -0.05) is 159 Å². The van der Waals surface area contributed by atoms with Crippen molar-refractivity contribution >= 4 is 16.4 Å². The third-order valence-electron chi connectivity index (χ3n) is 10.7. The van der Waals surface area contributed by atoms with Crippen LogP contribution in [0.1, 0.15) is 187 Å². The van der Waals surface area contributed by atoms with Crippen LogP contribution in [0.5, 0.6) is 0 Å². The molecular weight excluding hydrogens is 801 g/mol. The second kappa shape index (κ2) is 39.6. The highest BCUT2D eigenvalue weighted by Crippen LogP contribution is 2.26. The minimum Gasteiger partial charge on any atom is -0.457 e. The number of rotatable bonds is 41. The van der Waals surface area contributed by atoms with E-state index < -0.39 is 59.8 Å². The Morgan fingerprint density at radius 1 is 0.623 bits per heavy atom. The number of unbranched alkanes of at least 4 members (excludes halogenated alkanes) is 20. The summed E-state index contributed by atoms with van der Waals surface area (Å²) in [6.07, 6.45) is 38.7. The molecule has 0 aromatic carbocycles. The van der Waals surface area contributed by atoms with Crippen LogP contribution in [0.4, 0.5) is 0 Å². The molecule has 0 amide bonds. The number of aliphatic hydroxyl groups excluding tert-OH is 3. The fraction of sp³-hybridized carbons (Fsp3) is 0.812. The van der Waals surface area contributed by atoms with Crippen molar-refractivity contribution in [2.24, 2.45) is 0 Å². The van der Waals surface area contributed by atoms with Crippen molar-refractivity contribution in [3.63, 3.8) is 0 Å². The zero-order valence-corrected chi connectivity index (χ0v) is 38.8. The molecule has 13 heteroatoms. The van der Waals surface area contributed by atoms with E-state index in [2.05, 4.69) is 66.6 Å². The van der Waals surface area contributed by atoms with Crippen LogP contribution in [0.3, 0.4) is 0 Å². The Morgan fingerprint density at radius 3 is 1.66 bits per heavy atom. The SMILES string of the molecule is CCC/C=C\CCCCCCCC(=O)OC(COCCCCCCCCCCC/C=C\C/C=C\C/C=C\CCCCCCC)COC1OC(CO)C(O)C(OS(=O)(=O)O)C1O. The molecule has 0 saturated carbocycles. The maximum absolute atomic E-state index is 12.8. The summed E-state index contributed by atoms with van der Waals surface area (Å²) in [6, 6.07) is 0. The van der Waals surface area contributed by atoms with Crippen molar-refractivity contribution in [2.75, 3.05) is 26.4 Å². The van der Waals surface area contributed by atoms with Crippen LogP contribution >= 0.6 is 0 Å². The van der Waals surface area contributed by atoms with E-state index in [9.17, 15) is 28.5 Å². The van der Waals surface area contributed by atoms with E-state index in [0.717, 1.165) is 83.5 Å². The molecule has 4 N–H and O–H groups in total. The van der Waals surface area contributed by atoms with Crippen molar-refractivity contribution in [2.45, 2.75) is 224 Å². The maximum atomic E-state index is 12.8. The van der Waals surface area contributed by atoms with Crippen LogP contribution in [0, 0.1) is 0 Å². The van der Waals surface area contributed by atoms with E-state index in [-0.39, 0.29) is 19.6 Å². The summed E-state index contributed by atoms with van der Waals surface area (Å²) in [5.74, 6) is -0.414. The molecule has 1 aliphatic rings. The highest BCUT2D eigenvalue weighted by Gasteiger charge is 2.48. The second-order valence-electron chi connectivity index (χ2n) is 16.3. The quantitative estimate of drug-likeness (QED) is 0.0198. The summed E-state index contributed by atoms with van der Waals surface area (Å²) >= 11 is 0. The molecule has 0 bridgehead atoms. The second-order valence-corrected chi connectivity index (χ2v) is 17.4. The Hall–Kier alpha value is -1.94. The molecule has 0 aromatic heterocycles. The first-order valence-corrected chi connectivity index (χ1v) is 25.3. The van der Waals surface area contributed by atoms with Gasteiger partial charge in [0.15, 0.2) is 6.29 Å². The molecular formula is C48H86O12S. The predicted molar refractivity (Wildman–Crippen MR) is 243 cm³/mol. The molecule has 0 spiro atoms. The van der Waals surface area contributed by atoms with Crippen LogP contribution in [0.2, 0.25) is 0 Å². The predicted octanol–water partition coefficient (Wildman–Crippen LogP) is 10.4. The molecule has 6 unspecified atom stereocenters. The minimum absolute atomic E-state index is 0.0277. The van der Waals surface area contributed by atoms with Gasteiger partial charge in [0.05, 0.1) is 19.8 Å². The van der Waals surface area contributed by atoms with Gasteiger partial charge in [-0.3, -0.25) is 9.35 Å². The number of aliphatic hydroxyl groups is 3. The van der Waals surface area contributed by atoms with E-state index in [1.807, 2.05) is 0 Å². The molecule has 0 aromatic rings. The standard InChI is InChI=1S/C48H86O12S/c1-3-5-7-9-11-13-15-16-17-18-19-20-21-22-23-24-25-26-27-28-30-32-34-36-38-56-40-42(58-44(50)37-35-33-31-29-14-12-10-8-6-4-2)41-57-48-46(52)47(60-61(53,54)55)45(51)43(39-49)59-48/h8,10,15-16,18-19,21-22,42-43,45-49,51-52H,3-7,9,11-14,17,20,23-41H2,1-2H3,(H,53,54,55)/b10-8-,16-15-,19-18-,22-21-. The van der Waals surface area contributed by atoms with E-state index in [1.165, 1.54) is 77.0 Å². The van der Waals surface area contributed by atoms with E-state index in [0.29, 0.717) is 13.0 Å². The third kappa shape index (κ3) is 33.3. The lowest BCUT2D eigenvalue weighted by Gasteiger charge is -2.41. The van der Waals surface area contributed by atoms with Crippen molar-refractivity contribution in [3.05, 3.63) is 48.6 Å².